The van der Waals surface area contributed by atoms with Crippen LogP contribution < -0.4 is 10.2 Å². The van der Waals surface area contributed by atoms with Crippen molar-refractivity contribution in [3.8, 4) is 0 Å². The van der Waals surface area contributed by atoms with Gasteiger partial charge in [-0.25, -0.2) is 0 Å². The van der Waals surface area contributed by atoms with E-state index in [1.807, 2.05) is 37.2 Å². The van der Waals surface area contributed by atoms with Gasteiger partial charge in [-0.3, -0.25) is 14.6 Å². The van der Waals surface area contributed by atoms with Crippen LogP contribution in [0, 0.1) is 5.92 Å². The fourth-order valence-corrected chi connectivity index (χ4v) is 3.44. The summed E-state index contributed by atoms with van der Waals surface area (Å²) >= 11 is 0. The summed E-state index contributed by atoms with van der Waals surface area (Å²) in [7, 11) is 3.86. The van der Waals surface area contributed by atoms with Crippen molar-refractivity contribution in [2.24, 2.45) is 5.92 Å². The zero-order valence-corrected chi connectivity index (χ0v) is 16.2. The highest BCUT2D eigenvalue weighted by molar-refractivity contribution is 5.95. The molecule has 2 N–H and O–H groups in total. The normalized spacial score (nSPS) is 19.2. The first kappa shape index (κ1) is 19.8. The molecule has 7 nitrogen and oxygen atoms in total. The van der Waals surface area contributed by atoms with Crippen LogP contribution in [0.5, 0.6) is 0 Å². The van der Waals surface area contributed by atoms with E-state index in [0.717, 1.165) is 5.69 Å². The smallest absolute Gasteiger partial charge is 0.253 e. The van der Waals surface area contributed by atoms with Gasteiger partial charge in [0.15, 0.2) is 0 Å². The molecule has 2 amide bonds. The number of pyridine rings is 1. The molecule has 2 atom stereocenters. The van der Waals surface area contributed by atoms with Gasteiger partial charge in [-0.15, -0.1) is 0 Å². The number of anilines is 1. The second-order valence-electron chi connectivity index (χ2n) is 7.25. The quantitative estimate of drug-likeness (QED) is 0.817. The Balaban J connectivity index is 1.66. The molecule has 1 saturated heterocycles. The maximum atomic E-state index is 12.9. The van der Waals surface area contributed by atoms with Gasteiger partial charge in [0.05, 0.1) is 5.56 Å². The van der Waals surface area contributed by atoms with Crippen LogP contribution in [-0.4, -0.2) is 66.6 Å². The summed E-state index contributed by atoms with van der Waals surface area (Å²) in [6.07, 6.45) is 3.72. The summed E-state index contributed by atoms with van der Waals surface area (Å²) in [5.41, 5.74) is 2.07. The van der Waals surface area contributed by atoms with Crippen molar-refractivity contribution < 1.29 is 14.7 Å². The third-order valence-electron chi connectivity index (χ3n) is 5.11. The summed E-state index contributed by atoms with van der Waals surface area (Å²) in [4.78, 5) is 33.0. The van der Waals surface area contributed by atoms with Crippen LogP contribution in [0.2, 0.25) is 0 Å². The van der Waals surface area contributed by atoms with Crippen LogP contribution in [0.4, 0.5) is 5.69 Å². The Hall–Kier alpha value is -2.93. The van der Waals surface area contributed by atoms with Gasteiger partial charge >= 0.3 is 0 Å². The number of amides is 2. The molecule has 1 aromatic heterocycles. The van der Waals surface area contributed by atoms with E-state index in [1.54, 1.807) is 29.3 Å². The Kier molecular flexibility index (Phi) is 6.26. The number of likely N-dealkylation sites (tertiary alicyclic amines) is 1. The molecular formula is C21H26N4O3. The van der Waals surface area contributed by atoms with Crippen molar-refractivity contribution in [3.63, 3.8) is 0 Å². The number of hydrogen-bond donors (Lipinski definition) is 2. The number of nitrogens with zero attached hydrogens (tertiary/aromatic N) is 3. The number of benzene rings is 1. The standard InChI is InChI=1S/C21H26N4O3/c1-24(2)18-7-3-5-15(11-18)21(28)25-10-8-19(17(13-25)14-26)23-20(27)16-6-4-9-22-12-16/h3-7,9,11-12,17,19,26H,8,10,13-14H2,1-2H3,(H,23,27)/t17-,19-/m1/s1. The van der Waals surface area contributed by atoms with Gasteiger partial charge in [-0.1, -0.05) is 6.07 Å². The first-order chi connectivity index (χ1) is 13.5. The first-order valence-corrected chi connectivity index (χ1v) is 9.38. The second-order valence-corrected chi connectivity index (χ2v) is 7.25. The molecule has 3 rings (SSSR count). The van der Waals surface area contributed by atoms with Gasteiger partial charge in [-0.2, -0.15) is 0 Å². The molecular weight excluding hydrogens is 356 g/mol. The van der Waals surface area contributed by atoms with E-state index in [-0.39, 0.29) is 30.4 Å². The molecule has 2 heterocycles. The number of aliphatic hydroxyl groups excluding tert-OH is 1. The lowest BCUT2D eigenvalue weighted by Gasteiger charge is -2.38. The minimum Gasteiger partial charge on any atom is -0.396 e. The summed E-state index contributed by atoms with van der Waals surface area (Å²) < 4.78 is 0. The maximum Gasteiger partial charge on any atom is 0.253 e. The third kappa shape index (κ3) is 4.48. The van der Waals surface area contributed by atoms with Crippen LogP contribution in [-0.2, 0) is 0 Å². The first-order valence-electron chi connectivity index (χ1n) is 9.38. The summed E-state index contributed by atoms with van der Waals surface area (Å²) in [5.74, 6) is -0.482. The molecule has 148 valence electrons. The predicted molar refractivity (Wildman–Crippen MR) is 107 cm³/mol. The second kappa shape index (κ2) is 8.84. The van der Waals surface area contributed by atoms with E-state index in [4.69, 9.17) is 0 Å². The molecule has 0 spiro atoms. The number of carbonyl (C=O) groups is 2. The molecule has 1 aliphatic heterocycles. The fourth-order valence-electron chi connectivity index (χ4n) is 3.44. The molecule has 2 aromatic rings. The molecule has 0 radical (unpaired) electrons. The number of aromatic nitrogens is 1. The topological polar surface area (TPSA) is 85.8 Å². The molecule has 1 aliphatic rings. The average Bonchev–Trinajstić information content (AvgIpc) is 2.74. The van der Waals surface area contributed by atoms with E-state index >= 15 is 0 Å². The summed E-state index contributed by atoms with van der Waals surface area (Å²) in [6, 6.07) is 10.7. The lowest BCUT2D eigenvalue weighted by Crippen LogP contribution is -2.53. The monoisotopic (exact) mass is 382 g/mol. The zero-order chi connectivity index (χ0) is 20.1. The number of piperidine rings is 1. The Labute approximate surface area is 165 Å². The van der Waals surface area contributed by atoms with Gasteiger partial charge in [-0.05, 0) is 36.8 Å². The highest BCUT2D eigenvalue weighted by Crippen LogP contribution is 2.21. The van der Waals surface area contributed by atoms with Gasteiger partial charge < -0.3 is 20.2 Å². The maximum absolute atomic E-state index is 12.9. The fraction of sp³-hybridized carbons (Fsp3) is 0.381. The van der Waals surface area contributed by atoms with E-state index < -0.39 is 0 Å². The Bertz CT molecular complexity index is 825. The Morgan fingerprint density at radius 3 is 2.71 bits per heavy atom. The van der Waals surface area contributed by atoms with Crippen molar-refractivity contribution in [3.05, 3.63) is 59.9 Å². The van der Waals surface area contributed by atoms with Crippen LogP contribution in [0.15, 0.2) is 48.8 Å². The van der Waals surface area contributed by atoms with E-state index in [0.29, 0.717) is 30.6 Å². The van der Waals surface area contributed by atoms with Crippen molar-refractivity contribution >= 4 is 17.5 Å². The Morgan fingerprint density at radius 1 is 1.25 bits per heavy atom. The zero-order valence-electron chi connectivity index (χ0n) is 16.2. The molecule has 28 heavy (non-hydrogen) atoms. The number of nitrogens with one attached hydrogen (secondary N) is 1. The van der Waals surface area contributed by atoms with Crippen molar-refractivity contribution in [1.29, 1.82) is 0 Å². The lowest BCUT2D eigenvalue weighted by atomic mass is 9.92. The van der Waals surface area contributed by atoms with Crippen molar-refractivity contribution in [2.45, 2.75) is 12.5 Å². The molecule has 7 heteroatoms. The highest BCUT2D eigenvalue weighted by Gasteiger charge is 2.32. The summed E-state index contributed by atoms with van der Waals surface area (Å²) in [6.45, 7) is 0.832. The molecule has 0 unspecified atom stereocenters. The van der Waals surface area contributed by atoms with Crippen LogP contribution >= 0.6 is 0 Å². The van der Waals surface area contributed by atoms with Gasteiger partial charge in [0, 0.05) is 69.4 Å². The van der Waals surface area contributed by atoms with E-state index in [2.05, 4.69) is 10.3 Å². The van der Waals surface area contributed by atoms with Gasteiger partial charge in [0.2, 0.25) is 0 Å². The van der Waals surface area contributed by atoms with E-state index in [1.165, 1.54) is 6.20 Å². The highest BCUT2D eigenvalue weighted by atomic mass is 16.3. The largest absolute Gasteiger partial charge is 0.396 e. The van der Waals surface area contributed by atoms with E-state index in [9.17, 15) is 14.7 Å². The number of aliphatic hydroxyl groups is 1. The molecule has 0 bridgehead atoms. The summed E-state index contributed by atoms with van der Waals surface area (Å²) in [5, 5.41) is 12.8. The predicted octanol–water partition coefficient (Wildman–Crippen LogP) is 1.40. The molecule has 0 saturated carbocycles. The van der Waals surface area contributed by atoms with Crippen molar-refractivity contribution in [1.82, 2.24) is 15.2 Å². The minimum absolute atomic E-state index is 0.0563. The number of rotatable bonds is 5. The van der Waals surface area contributed by atoms with Gasteiger partial charge in [0.1, 0.15) is 0 Å². The van der Waals surface area contributed by atoms with Gasteiger partial charge in [0.25, 0.3) is 11.8 Å². The number of hydrogen-bond acceptors (Lipinski definition) is 5. The lowest BCUT2D eigenvalue weighted by molar-refractivity contribution is 0.0534. The molecule has 1 aromatic carbocycles. The number of carbonyl (C=O) groups excluding carboxylic acids is 2. The Morgan fingerprint density at radius 2 is 2.04 bits per heavy atom. The third-order valence-corrected chi connectivity index (χ3v) is 5.11. The van der Waals surface area contributed by atoms with Crippen molar-refractivity contribution in [2.75, 3.05) is 38.7 Å². The average molecular weight is 382 g/mol. The van der Waals surface area contributed by atoms with Crippen LogP contribution in [0.1, 0.15) is 27.1 Å². The molecule has 1 fully saturated rings. The van der Waals surface area contributed by atoms with Crippen LogP contribution in [0.3, 0.4) is 0 Å². The molecule has 0 aliphatic carbocycles. The minimum atomic E-state index is -0.213. The van der Waals surface area contributed by atoms with Crippen LogP contribution in [0.25, 0.3) is 0 Å². The SMILES string of the molecule is CN(C)c1cccc(C(=O)N2CC[C@@H](NC(=O)c3cccnc3)[C@@H](CO)C2)c1.